The Morgan fingerprint density at radius 3 is 2.35 bits per heavy atom. The minimum atomic E-state index is -0.436. The van der Waals surface area contributed by atoms with Crippen LogP contribution in [0.15, 0.2) is 24.3 Å². The van der Waals surface area contributed by atoms with Gasteiger partial charge >= 0.3 is 6.03 Å². The molecule has 20 heavy (non-hydrogen) atoms. The third kappa shape index (κ3) is 6.72. The van der Waals surface area contributed by atoms with Gasteiger partial charge in [-0.05, 0) is 23.6 Å². The van der Waals surface area contributed by atoms with Crippen molar-refractivity contribution in [3.63, 3.8) is 0 Å². The van der Waals surface area contributed by atoms with E-state index in [0.717, 1.165) is 5.56 Å². The van der Waals surface area contributed by atoms with Crippen molar-refractivity contribution >= 4 is 11.9 Å². The SMILES string of the molecule is CC(C)CNC(=O)CNC(=O)NCc1ccc(F)cc1. The van der Waals surface area contributed by atoms with E-state index in [-0.39, 0.29) is 24.8 Å². The summed E-state index contributed by atoms with van der Waals surface area (Å²) < 4.78 is 12.7. The molecule has 1 aromatic carbocycles. The van der Waals surface area contributed by atoms with Gasteiger partial charge in [0.05, 0.1) is 6.54 Å². The molecule has 3 amide bonds. The topological polar surface area (TPSA) is 70.2 Å². The number of hydrogen-bond acceptors (Lipinski definition) is 2. The van der Waals surface area contributed by atoms with E-state index in [1.54, 1.807) is 12.1 Å². The van der Waals surface area contributed by atoms with Gasteiger partial charge in [0.1, 0.15) is 5.82 Å². The molecule has 0 saturated carbocycles. The molecule has 0 aliphatic carbocycles. The Bertz CT molecular complexity index is 446. The molecule has 1 rings (SSSR count). The van der Waals surface area contributed by atoms with Gasteiger partial charge < -0.3 is 16.0 Å². The smallest absolute Gasteiger partial charge is 0.315 e. The van der Waals surface area contributed by atoms with Crippen molar-refractivity contribution in [2.24, 2.45) is 5.92 Å². The molecule has 0 aromatic heterocycles. The fourth-order valence-electron chi connectivity index (χ4n) is 1.39. The van der Waals surface area contributed by atoms with Gasteiger partial charge in [0.25, 0.3) is 0 Å². The first-order valence-electron chi connectivity index (χ1n) is 6.50. The predicted octanol–water partition coefficient (Wildman–Crippen LogP) is 1.40. The van der Waals surface area contributed by atoms with Crippen LogP contribution in [0.4, 0.5) is 9.18 Å². The highest BCUT2D eigenvalue weighted by molar-refractivity contribution is 5.83. The van der Waals surface area contributed by atoms with Crippen molar-refractivity contribution in [3.8, 4) is 0 Å². The number of urea groups is 1. The van der Waals surface area contributed by atoms with E-state index in [1.165, 1.54) is 12.1 Å². The van der Waals surface area contributed by atoms with Crippen molar-refractivity contribution in [3.05, 3.63) is 35.6 Å². The van der Waals surface area contributed by atoms with E-state index in [0.29, 0.717) is 12.5 Å². The number of hydrogen-bond donors (Lipinski definition) is 3. The van der Waals surface area contributed by atoms with E-state index >= 15 is 0 Å². The molecule has 0 saturated heterocycles. The monoisotopic (exact) mass is 281 g/mol. The van der Waals surface area contributed by atoms with E-state index in [2.05, 4.69) is 16.0 Å². The summed E-state index contributed by atoms with van der Waals surface area (Å²) >= 11 is 0. The van der Waals surface area contributed by atoms with Crippen LogP contribution < -0.4 is 16.0 Å². The van der Waals surface area contributed by atoms with Gasteiger partial charge in [-0.15, -0.1) is 0 Å². The van der Waals surface area contributed by atoms with Gasteiger partial charge in [-0.2, -0.15) is 0 Å². The van der Waals surface area contributed by atoms with Gasteiger partial charge in [-0.1, -0.05) is 26.0 Å². The van der Waals surface area contributed by atoms with Crippen LogP contribution in [0.25, 0.3) is 0 Å². The van der Waals surface area contributed by atoms with Gasteiger partial charge in [-0.3, -0.25) is 4.79 Å². The van der Waals surface area contributed by atoms with Crippen molar-refractivity contribution < 1.29 is 14.0 Å². The van der Waals surface area contributed by atoms with Crippen molar-refractivity contribution in [1.29, 1.82) is 0 Å². The molecule has 3 N–H and O–H groups in total. The number of carbonyl (C=O) groups excluding carboxylic acids is 2. The molecular weight excluding hydrogens is 261 g/mol. The van der Waals surface area contributed by atoms with Crippen LogP contribution in [0.2, 0.25) is 0 Å². The lowest BCUT2D eigenvalue weighted by Crippen LogP contribution is -2.42. The van der Waals surface area contributed by atoms with Crippen LogP contribution in [0.1, 0.15) is 19.4 Å². The van der Waals surface area contributed by atoms with Crippen LogP contribution >= 0.6 is 0 Å². The summed E-state index contributed by atoms with van der Waals surface area (Å²) in [6.45, 7) is 4.77. The number of halogens is 1. The average molecular weight is 281 g/mol. The first kappa shape index (κ1) is 15.9. The number of nitrogens with one attached hydrogen (secondary N) is 3. The predicted molar refractivity (Wildman–Crippen MR) is 74.5 cm³/mol. The fourth-order valence-corrected chi connectivity index (χ4v) is 1.39. The maximum atomic E-state index is 12.7. The molecule has 0 unspecified atom stereocenters. The van der Waals surface area contributed by atoms with E-state index in [9.17, 15) is 14.0 Å². The Hall–Kier alpha value is -2.11. The molecular formula is C14H20FN3O2. The molecule has 0 aliphatic rings. The number of benzene rings is 1. The third-order valence-electron chi connectivity index (χ3n) is 2.48. The highest BCUT2D eigenvalue weighted by Gasteiger charge is 2.05. The summed E-state index contributed by atoms with van der Waals surface area (Å²) in [5.74, 6) is -0.179. The van der Waals surface area contributed by atoms with Crippen LogP contribution in [0, 0.1) is 11.7 Å². The first-order valence-corrected chi connectivity index (χ1v) is 6.50. The Balaban J connectivity index is 2.20. The normalized spacial score (nSPS) is 10.2. The summed E-state index contributed by atoms with van der Waals surface area (Å²) in [5, 5.41) is 7.73. The second kappa shape index (κ2) is 8.14. The fraction of sp³-hybridized carbons (Fsp3) is 0.429. The van der Waals surface area contributed by atoms with Gasteiger partial charge in [-0.25, -0.2) is 9.18 Å². The molecule has 5 nitrogen and oxygen atoms in total. The number of rotatable bonds is 6. The summed E-state index contributed by atoms with van der Waals surface area (Å²) in [5.41, 5.74) is 0.783. The molecule has 0 radical (unpaired) electrons. The minimum Gasteiger partial charge on any atom is -0.354 e. The zero-order valence-electron chi connectivity index (χ0n) is 11.7. The molecule has 6 heteroatoms. The highest BCUT2D eigenvalue weighted by atomic mass is 19.1. The molecule has 0 atom stereocenters. The summed E-state index contributed by atoms with van der Waals surface area (Å²) in [6, 6.07) is 5.40. The average Bonchev–Trinajstić information content (AvgIpc) is 2.42. The second-order valence-electron chi connectivity index (χ2n) is 4.86. The Morgan fingerprint density at radius 1 is 1.10 bits per heavy atom. The van der Waals surface area contributed by atoms with Crippen molar-refractivity contribution in [2.45, 2.75) is 20.4 Å². The Labute approximate surface area is 117 Å². The largest absolute Gasteiger partial charge is 0.354 e. The van der Waals surface area contributed by atoms with Gasteiger partial charge in [0, 0.05) is 13.1 Å². The second-order valence-corrected chi connectivity index (χ2v) is 4.86. The Morgan fingerprint density at radius 2 is 1.75 bits per heavy atom. The van der Waals surface area contributed by atoms with Crippen LogP contribution in [0.3, 0.4) is 0 Å². The molecule has 0 bridgehead atoms. The van der Waals surface area contributed by atoms with E-state index < -0.39 is 6.03 Å². The number of carbonyl (C=O) groups is 2. The quantitative estimate of drug-likeness (QED) is 0.737. The zero-order chi connectivity index (χ0) is 15.0. The molecule has 0 heterocycles. The zero-order valence-corrected chi connectivity index (χ0v) is 11.7. The van der Waals surface area contributed by atoms with Gasteiger partial charge in [0.2, 0.25) is 5.91 Å². The summed E-state index contributed by atoms with van der Waals surface area (Å²) in [7, 11) is 0. The summed E-state index contributed by atoms with van der Waals surface area (Å²) in [4.78, 5) is 22.8. The lowest BCUT2D eigenvalue weighted by molar-refractivity contribution is -0.120. The van der Waals surface area contributed by atoms with Crippen molar-refractivity contribution in [1.82, 2.24) is 16.0 Å². The first-order chi connectivity index (χ1) is 9.47. The molecule has 0 aliphatic heterocycles. The lowest BCUT2D eigenvalue weighted by Gasteiger charge is -2.09. The molecule has 0 fully saturated rings. The third-order valence-corrected chi connectivity index (χ3v) is 2.48. The molecule has 110 valence electrons. The maximum Gasteiger partial charge on any atom is 0.315 e. The van der Waals surface area contributed by atoms with E-state index in [4.69, 9.17) is 0 Å². The minimum absolute atomic E-state index is 0.0675. The number of amides is 3. The van der Waals surface area contributed by atoms with Crippen LogP contribution in [-0.2, 0) is 11.3 Å². The lowest BCUT2D eigenvalue weighted by atomic mass is 10.2. The van der Waals surface area contributed by atoms with Crippen molar-refractivity contribution in [2.75, 3.05) is 13.1 Å². The van der Waals surface area contributed by atoms with E-state index in [1.807, 2.05) is 13.8 Å². The maximum absolute atomic E-state index is 12.7. The van der Waals surface area contributed by atoms with Gasteiger partial charge in [0.15, 0.2) is 0 Å². The standard InChI is InChI=1S/C14H20FN3O2/c1-10(2)7-16-13(19)9-18-14(20)17-8-11-3-5-12(15)6-4-11/h3-6,10H,7-9H2,1-2H3,(H,16,19)(H2,17,18,20). The highest BCUT2D eigenvalue weighted by Crippen LogP contribution is 2.01. The summed E-state index contributed by atoms with van der Waals surface area (Å²) in [6.07, 6.45) is 0. The molecule has 1 aromatic rings. The Kier molecular flexibility index (Phi) is 6.49. The van der Waals surface area contributed by atoms with Crippen LogP contribution in [0.5, 0.6) is 0 Å². The molecule has 0 spiro atoms. The van der Waals surface area contributed by atoms with Crippen LogP contribution in [-0.4, -0.2) is 25.0 Å².